The highest BCUT2D eigenvalue weighted by Gasteiger charge is 2.39. The van der Waals surface area contributed by atoms with Crippen LogP contribution >= 0.6 is 0 Å². The van der Waals surface area contributed by atoms with Crippen LogP contribution in [0.1, 0.15) is 5.56 Å². The molecule has 7 nitrogen and oxygen atoms in total. The minimum Gasteiger partial charge on any atom is -0.497 e. The molecule has 31 heavy (non-hydrogen) atoms. The first-order valence-corrected chi connectivity index (χ1v) is 9.10. The maximum absolute atomic E-state index is 13.0. The predicted molar refractivity (Wildman–Crippen MR) is 105 cm³/mol. The Labute approximate surface area is 176 Å². The number of benzene rings is 2. The van der Waals surface area contributed by atoms with Crippen LogP contribution < -0.4 is 14.8 Å². The molecule has 0 fully saturated rings. The predicted octanol–water partition coefficient (Wildman–Crippen LogP) is 3.43. The van der Waals surface area contributed by atoms with Gasteiger partial charge in [-0.3, -0.25) is 14.5 Å². The molecule has 1 aliphatic heterocycles. The Hall–Kier alpha value is -3.53. The van der Waals surface area contributed by atoms with Gasteiger partial charge >= 0.3 is 6.36 Å². The number of carbonyl (C=O) groups excluding carboxylic acids is 2. The Balaban J connectivity index is 1.94. The third-order valence-electron chi connectivity index (χ3n) is 4.42. The van der Waals surface area contributed by atoms with Gasteiger partial charge in [-0.1, -0.05) is 12.1 Å². The van der Waals surface area contributed by atoms with Crippen LogP contribution in [-0.2, 0) is 14.3 Å². The average Bonchev–Trinajstić information content (AvgIpc) is 2.96. The fraction of sp³-hybridized carbons (Fsp3) is 0.238. The van der Waals surface area contributed by atoms with E-state index < -0.39 is 23.9 Å². The number of amides is 2. The van der Waals surface area contributed by atoms with Gasteiger partial charge in [0, 0.05) is 12.8 Å². The van der Waals surface area contributed by atoms with E-state index in [9.17, 15) is 22.8 Å². The molecule has 0 aliphatic carbocycles. The Morgan fingerprint density at radius 1 is 0.903 bits per heavy atom. The van der Waals surface area contributed by atoms with Gasteiger partial charge in [-0.05, 0) is 42.0 Å². The van der Waals surface area contributed by atoms with Gasteiger partial charge in [0.15, 0.2) is 0 Å². The second-order valence-corrected chi connectivity index (χ2v) is 6.43. The first-order chi connectivity index (χ1) is 14.7. The third-order valence-corrected chi connectivity index (χ3v) is 4.42. The molecule has 1 N–H and O–H groups in total. The average molecular weight is 436 g/mol. The quantitative estimate of drug-likeness (QED) is 0.639. The topological polar surface area (TPSA) is 77.1 Å². The molecule has 0 aromatic heterocycles. The second kappa shape index (κ2) is 9.09. The van der Waals surface area contributed by atoms with Crippen molar-refractivity contribution in [2.75, 3.05) is 32.7 Å². The molecule has 0 unspecified atom stereocenters. The lowest BCUT2D eigenvalue weighted by Crippen LogP contribution is -2.35. The van der Waals surface area contributed by atoms with Crippen LogP contribution in [0.25, 0.3) is 5.57 Å². The minimum absolute atomic E-state index is 0.00996. The molecular weight excluding hydrogens is 417 g/mol. The maximum Gasteiger partial charge on any atom is 0.573 e. The van der Waals surface area contributed by atoms with Crippen molar-refractivity contribution in [1.82, 2.24) is 4.90 Å². The van der Waals surface area contributed by atoms with Crippen LogP contribution in [0.3, 0.4) is 0 Å². The summed E-state index contributed by atoms with van der Waals surface area (Å²) in [6.07, 6.45) is -4.81. The number of nitrogens with zero attached hydrogens (tertiary/aromatic N) is 1. The van der Waals surface area contributed by atoms with Gasteiger partial charge in [0.05, 0.1) is 25.8 Å². The van der Waals surface area contributed by atoms with E-state index in [0.717, 1.165) is 17.0 Å². The number of alkyl halides is 3. The van der Waals surface area contributed by atoms with E-state index in [1.54, 1.807) is 24.3 Å². The molecule has 2 aromatic rings. The van der Waals surface area contributed by atoms with Gasteiger partial charge in [0.2, 0.25) is 0 Å². The van der Waals surface area contributed by atoms with Crippen molar-refractivity contribution >= 4 is 23.1 Å². The fourth-order valence-corrected chi connectivity index (χ4v) is 2.99. The summed E-state index contributed by atoms with van der Waals surface area (Å²) in [7, 11) is 2.96. The molecule has 10 heteroatoms. The van der Waals surface area contributed by atoms with Crippen molar-refractivity contribution < 1.29 is 37.0 Å². The van der Waals surface area contributed by atoms with Crippen molar-refractivity contribution in [2.45, 2.75) is 6.36 Å². The standard InChI is InChI=1S/C21H19F3N2O5/c1-29-12-11-26-19(27)17(13-3-7-15(30-2)8-4-13)18(20(26)28)25-14-5-9-16(10-6-14)31-21(22,23)24/h3-10,25H,11-12H2,1-2H3. The summed E-state index contributed by atoms with van der Waals surface area (Å²) in [6.45, 7) is 0.210. The van der Waals surface area contributed by atoms with E-state index in [1.807, 2.05) is 0 Å². The third kappa shape index (κ3) is 5.15. The number of anilines is 1. The molecule has 3 rings (SSSR count). The van der Waals surface area contributed by atoms with E-state index >= 15 is 0 Å². The molecule has 0 bridgehead atoms. The van der Waals surface area contributed by atoms with Crippen LogP contribution in [0.15, 0.2) is 54.2 Å². The zero-order chi connectivity index (χ0) is 22.6. The highest BCUT2D eigenvalue weighted by Crippen LogP contribution is 2.32. The Kier molecular flexibility index (Phi) is 6.50. The molecule has 0 saturated heterocycles. The van der Waals surface area contributed by atoms with Crippen LogP contribution in [0.4, 0.5) is 18.9 Å². The van der Waals surface area contributed by atoms with Crippen LogP contribution in [0.5, 0.6) is 11.5 Å². The molecule has 0 atom stereocenters. The number of hydrogen-bond donors (Lipinski definition) is 1. The number of nitrogens with one attached hydrogen (secondary N) is 1. The summed E-state index contributed by atoms with van der Waals surface area (Å²) in [6, 6.07) is 11.4. The van der Waals surface area contributed by atoms with Crippen molar-refractivity contribution in [3.8, 4) is 11.5 Å². The summed E-state index contributed by atoms with van der Waals surface area (Å²) in [5, 5.41) is 2.85. The molecule has 1 aliphatic rings. The second-order valence-electron chi connectivity index (χ2n) is 6.43. The maximum atomic E-state index is 13.0. The van der Waals surface area contributed by atoms with Gasteiger partial charge in [0.1, 0.15) is 17.2 Å². The van der Waals surface area contributed by atoms with Crippen LogP contribution in [0, 0.1) is 0 Å². The zero-order valence-electron chi connectivity index (χ0n) is 16.7. The zero-order valence-corrected chi connectivity index (χ0v) is 16.7. The first-order valence-electron chi connectivity index (χ1n) is 9.10. The van der Waals surface area contributed by atoms with Crippen molar-refractivity contribution in [3.05, 3.63) is 59.8 Å². The van der Waals surface area contributed by atoms with Gasteiger partial charge in [-0.2, -0.15) is 0 Å². The van der Waals surface area contributed by atoms with Crippen molar-refractivity contribution in [1.29, 1.82) is 0 Å². The summed E-state index contributed by atoms with van der Waals surface area (Å²) in [5.74, 6) is -0.902. The largest absolute Gasteiger partial charge is 0.573 e. The monoisotopic (exact) mass is 436 g/mol. The summed E-state index contributed by atoms with van der Waals surface area (Å²) in [5.41, 5.74) is 0.944. The molecular formula is C21H19F3N2O5. The number of hydrogen-bond acceptors (Lipinski definition) is 6. The Morgan fingerprint density at radius 3 is 2.06 bits per heavy atom. The van der Waals surface area contributed by atoms with Gasteiger partial charge in [0.25, 0.3) is 11.8 Å². The number of halogens is 3. The van der Waals surface area contributed by atoms with E-state index in [1.165, 1.54) is 26.4 Å². The summed E-state index contributed by atoms with van der Waals surface area (Å²) in [4.78, 5) is 26.9. The highest BCUT2D eigenvalue weighted by atomic mass is 19.4. The first kappa shape index (κ1) is 22.2. The summed E-state index contributed by atoms with van der Waals surface area (Å²) >= 11 is 0. The number of rotatable bonds is 8. The number of ether oxygens (including phenoxy) is 3. The van der Waals surface area contributed by atoms with Crippen molar-refractivity contribution in [2.24, 2.45) is 0 Å². The number of methoxy groups -OCH3 is 2. The number of imide groups is 1. The van der Waals surface area contributed by atoms with Crippen molar-refractivity contribution in [3.63, 3.8) is 0 Å². The van der Waals surface area contributed by atoms with Gasteiger partial charge in [-0.25, -0.2) is 0 Å². The number of carbonyl (C=O) groups is 2. The van der Waals surface area contributed by atoms with E-state index in [2.05, 4.69) is 10.1 Å². The molecule has 0 saturated carbocycles. The SMILES string of the molecule is COCCN1C(=O)C(Nc2ccc(OC(F)(F)F)cc2)=C(c2ccc(OC)cc2)C1=O. The molecule has 0 spiro atoms. The molecule has 2 aromatic carbocycles. The molecule has 2 amide bonds. The lowest BCUT2D eigenvalue weighted by Gasteiger charge is -2.14. The molecule has 0 radical (unpaired) electrons. The minimum atomic E-state index is -4.81. The summed E-state index contributed by atoms with van der Waals surface area (Å²) < 4.78 is 51.0. The van der Waals surface area contributed by atoms with E-state index in [4.69, 9.17) is 9.47 Å². The van der Waals surface area contributed by atoms with Gasteiger partial charge < -0.3 is 19.5 Å². The smallest absolute Gasteiger partial charge is 0.497 e. The lowest BCUT2D eigenvalue weighted by molar-refractivity contribution is -0.274. The fourth-order valence-electron chi connectivity index (χ4n) is 2.99. The normalized spacial score (nSPS) is 14.3. The van der Waals surface area contributed by atoms with Crippen LogP contribution in [-0.4, -0.2) is 50.4 Å². The highest BCUT2D eigenvalue weighted by molar-refractivity contribution is 6.36. The molecule has 1 heterocycles. The van der Waals surface area contributed by atoms with Gasteiger partial charge in [-0.15, -0.1) is 13.2 Å². The van der Waals surface area contributed by atoms with Crippen LogP contribution in [0.2, 0.25) is 0 Å². The van der Waals surface area contributed by atoms with E-state index in [0.29, 0.717) is 17.0 Å². The Morgan fingerprint density at radius 2 is 1.52 bits per heavy atom. The molecule has 164 valence electrons. The Bertz CT molecular complexity index is 986. The van der Waals surface area contributed by atoms with E-state index in [-0.39, 0.29) is 24.4 Å². The lowest BCUT2D eigenvalue weighted by atomic mass is 10.0.